The third-order valence-electron chi connectivity index (χ3n) is 5.83. The van der Waals surface area contributed by atoms with Crippen LogP contribution in [0.5, 0.6) is 0 Å². The van der Waals surface area contributed by atoms with Crippen molar-refractivity contribution in [3.05, 3.63) is 28.5 Å². The summed E-state index contributed by atoms with van der Waals surface area (Å²) in [5, 5.41) is -0.0981. The van der Waals surface area contributed by atoms with Crippen molar-refractivity contribution in [2.45, 2.75) is 78.1 Å². The fourth-order valence-corrected chi connectivity index (χ4v) is 3.66. The molecule has 0 aromatic heterocycles. The summed E-state index contributed by atoms with van der Waals surface area (Å²) in [5.74, 6) is -1.89. The second-order valence-corrected chi connectivity index (χ2v) is 8.22. The Bertz CT molecular complexity index is 788. The molecule has 2 unspecified atom stereocenters. The van der Waals surface area contributed by atoms with Crippen LogP contribution < -0.4 is 5.46 Å². The predicted octanol–water partition coefficient (Wildman–Crippen LogP) is 4.06. The van der Waals surface area contributed by atoms with Crippen LogP contribution in [0.25, 0.3) is 0 Å². The van der Waals surface area contributed by atoms with Gasteiger partial charge in [0.1, 0.15) is 11.9 Å². The van der Waals surface area contributed by atoms with Crippen LogP contribution in [-0.2, 0) is 23.6 Å². The van der Waals surface area contributed by atoms with E-state index in [0.717, 1.165) is 6.07 Å². The first kappa shape index (κ1) is 24.6. The van der Waals surface area contributed by atoms with Crippen LogP contribution in [0.4, 0.5) is 4.39 Å². The van der Waals surface area contributed by atoms with Gasteiger partial charge in [0.05, 0.1) is 34.8 Å². The van der Waals surface area contributed by atoms with E-state index in [2.05, 4.69) is 0 Å². The molecule has 1 aromatic carbocycles. The van der Waals surface area contributed by atoms with Gasteiger partial charge >= 0.3 is 19.1 Å². The van der Waals surface area contributed by atoms with Crippen molar-refractivity contribution in [1.82, 2.24) is 0 Å². The Morgan fingerprint density at radius 3 is 2.23 bits per heavy atom. The number of halogens is 2. The van der Waals surface area contributed by atoms with Crippen LogP contribution in [0.2, 0.25) is 5.02 Å². The van der Waals surface area contributed by atoms with Gasteiger partial charge in [-0.2, -0.15) is 0 Å². The van der Waals surface area contributed by atoms with Crippen molar-refractivity contribution in [2.24, 2.45) is 0 Å². The standard InChI is InChI=1S/C21H29BClFO6/c1-7-20(5)21(6,8-2)30-22(29-20)15-11-14(16(23)12-17(15)24)19(26)28-13(4)10-18(25)27-9-3/h11-13H,7-10H2,1-6H3/t13-,20?,21?/m0/s1. The van der Waals surface area contributed by atoms with E-state index in [9.17, 15) is 14.0 Å². The minimum atomic E-state index is -0.985. The summed E-state index contributed by atoms with van der Waals surface area (Å²) >= 11 is 6.09. The number of hydrogen-bond donors (Lipinski definition) is 0. The van der Waals surface area contributed by atoms with Gasteiger partial charge < -0.3 is 18.8 Å². The molecule has 0 radical (unpaired) electrons. The zero-order valence-electron chi connectivity index (χ0n) is 18.3. The van der Waals surface area contributed by atoms with Gasteiger partial charge in [-0.1, -0.05) is 25.4 Å². The second-order valence-electron chi connectivity index (χ2n) is 7.82. The lowest BCUT2D eigenvalue weighted by atomic mass is 9.78. The molecule has 0 N–H and O–H groups in total. The number of carbonyl (C=O) groups is 2. The van der Waals surface area contributed by atoms with Gasteiger partial charge in [0.15, 0.2) is 0 Å². The lowest BCUT2D eigenvalue weighted by Gasteiger charge is -2.37. The Balaban J connectivity index is 2.26. The van der Waals surface area contributed by atoms with E-state index in [-0.39, 0.29) is 29.1 Å². The van der Waals surface area contributed by atoms with Gasteiger partial charge in [0.2, 0.25) is 0 Å². The monoisotopic (exact) mass is 442 g/mol. The van der Waals surface area contributed by atoms with Gasteiger partial charge in [0.25, 0.3) is 0 Å². The Hall–Kier alpha value is -1.64. The lowest BCUT2D eigenvalue weighted by Crippen LogP contribution is -2.46. The van der Waals surface area contributed by atoms with Crippen molar-refractivity contribution < 1.29 is 32.8 Å². The molecular weight excluding hydrogens is 413 g/mol. The number of hydrogen-bond acceptors (Lipinski definition) is 6. The first-order valence-corrected chi connectivity index (χ1v) is 10.6. The molecule has 1 aliphatic heterocycles. The van der Waals surface area contributed by atoms with E-state index in [1.54, 1.807) is 13.8 Å². The van der Waals surface area contributed by atoms with Crippen molar-refractivity contribution in [3.8, 4) is 0 Å². The highest BCUT2D eigenvalue weighted by Crippen LogP contribution is 2.42. The Labute approximate surface area is 182 Å². The number of esters is 2. The Morgan fingerprint density at radius 2 is 1.73 bits per heavy atom. The number of ether oxygens (including phenoxy) is 2. The number of rotatable bonds is 8. The topological polar surface area (TPSA) is 71.1 Å². The molecule has 1 heterocycles. The van der Waals surface area contributed by atoms with Crippen LogP contribution in [0.1, 0.15) is 71.2 Å². The summed E-state index contributed by atoms with van der Waals surface area (Å²) < 4.78 is 37.0. The normalized spacial score (nSPS) is 24.6. The van der Waals surface area contributed by atoms with E-state index in [0.29, 0.717) is 12.8 Å². The molecule has 0 amide bonds. The van der Waals surface area contributed by atoms with Gasteiger partial charge in [0, 0.05) is 5.46 Å². The van der Waals surface area contributed by atoms with Gasteiger partial charge in [-0.25, -0.2) is 9.18 Å². The summed E-state index contributed by atoms with van der Waals surface area (Å²) in [5.41, 5.74) is -1.19. The van der Waals surface area contributed by atoms with Crippen LogP contribution in [0.15, 0.2) is 12.1 Å². The predicted molar refractivity (Wildman–Crippen MR) is 112 cm³/mol. The molecule has 6 nitrogen and oxygen atoms in total. The van der Waals surface area contributed by atoms with Crippen molar-refractivity contribution in [2.75, 3.05) is 6.61 Å². The van der Waals surface area contributed by atoms with E-state index in [1.165, 1.54) is 6.07 Å². The highest BCUT2D eigenvalue weighted by Gasteiger charge is 2.55. The smallest absolute Gasteiger partial charge is 0.466 e. The first-order valence-electron chi connectivity index (χ1n) is 10.2. The maximum Gasteiger partial charge on any atom is 0.497 e. The van der Waals surface area contributed by atoms with E-state index in [1.807, 2.05) is 27.7 Å². The van der Waals surface area contributed by atoms with Crippen molar-refractivity contribution in [3.63, 3.8) is 0 Å². The zero-order chi connectivity index (χ0) is 22.7. The molecule has 3 atom stereocenters. The third kappa shape index (κ3) is 4.98. The maximum absolute atomic E-state index is 14.7. The molecule has 0 bridgehead atoms. The van der Waals surface area contributed by atoms with Gasteiger partial charge in [-0.15, -0.1) is 0 Å². The fraction of sp³-hybridized carbons (Fsp3) is 0.619. The second kappa shape index (κ2) is 9.66. The van der Waals surface area contributed by atoms with Gasteiger partial charge in [-0.05, 0) is 52.7 Å². The van der Waals surface area contributed by atoms with Crippen LogP contribution in [0, 0.1) is 5.82 Å². The van der Waals surface area contributed by atoms with E-state index >= 15 is 0 Å². The Kier molecular flexibility index (Phi) is 7.94. The zero-order valence-corrected chi connectivity index (χ0v) is 19.1. The van der Waals surface area contributed by atoms with Crippen LogP contribution >= 0.6 is 11.6 Å². The molecule has 0 aliphatic carbocycles. The minimum absolute atomic E-state index is 0.0284. The molecule has 2 rings (SSSR count). The van der Waals surface area contributed by atoms with Crippen LogP contribution in [0.3, 0.4) is 0 Å². The number of benzene rings is 1. The summed E-state index contributed by atoms with van der Waals surface area (Å²) in [6, 6.07) is 2.33. The summed E-state index contributed by atoms with van der Waals surface area (Å²) in [6.45, 7) is 11.3. The summed E-state index contributed by atoms with van der Waals surface area (Å²) in [4.78, 5) is 24.2. The molecular formula is C21H29BClFO6. The third-order valence-corrected chi connectivity index (χ3v) is 6.14. The molecule has 1 saturated heterocycles. The van der Waals surface area contributed by atoms with Crippen molar-refractivity contribution >= 4 is 36.1 Å². The molecule has 0 spiro atoms. The molecule has 9 heteroatoms. The average Bonchev–Trinajstić information content (AvgIpc) is 2.93. The lowest BCUT2D eigenvalue weighted by molar-refractivity contribution is -0.145. The highest BCUT2D eigenvalue weighted by molar-refractivity contribution is 6.62. The largest absolute Gasteiger partial charge is 0.497 e. The van der Waals surface area contributed by atoms with E-state index in [4.69, 9.17) is 30.4 Å². The summed E-state index contributed by atoms with van der Waals surface area (Å²) in [7, 11) is -0.985. The average molecular weight is 443 g/mol. The highest BCUT2D eigenvalue weighted by atomic mass is 35.5. The van der Waals surface area contributed by atoms with Crippen LogP contribution in [-0.4, -0.2) is 43.0 Å². The molecule has 0 saturated carbocycles. The molecule has 1 aliphatic rings. The maximum atomic E-state index is 14.7. The quantitative estimate of drug-likeness (QED) is 0.447. The van der Waals surface area contributed by atoms with Gasteiger partial charge in [-0.3, -0.25) is 4.79 Å². The minimum Gasteiger partial charge on any atom is -0.466 e. The molecule has 30 heavy (non-hydrogen) atoms. The van der Waals surface area contributed by atoms with E-state index < -0.39 is 42.2 Å². The molecule has 166 valence electrons. The molecule has 1 aromatic rings. The molecule has 1 fully saturated rings. The first-order chi connectivity index (χ1) is 14.0. The van der Waals surface area contributed by atoms with Crippen molar-refractivity contribution in [1.29, 1.82) is 0 Å². The fourth-order valence-electron chi connectivity index (χ4n) is 3.43. The SMILES string of the molecule is CCOC(=O)C[C@H](C)OC(=O)c1cc(B2OC(C)(CC)C(C)(CC)O2)c(F)cc1Cl. The Morgan fingerprint density at radius 1 is 1.17 bits per heavy atom. The number of carbonyl (C=O) groups excluding carboxylic acids is 2. The summed E-state index contributed by atoms with van der Waals surface area (Å²) in [6.07, 6.45) is 0.517.